The van der Waals surface area contributed by atoms with E-state index < -0.39 is 0 Å². The minimum absolute atomic E-state index is 0.0574. The fourth-order valence-electron chi connectivity index (χ4n) is 2.01. The van der Waals surface area contributed by atoms with Gasteiger partial charge in [0.25, 0.3) is 0 Å². The van der Waals surface area contributed by atoms with Gasteiger partial charge in [0.1, 0.15) is 0 Å². The van der Waals surface area contributed by atoms with Crippen LogP contribution >= 0.6 is 0 Å². The molecule has 4 nitrogen and oxygen atoms in total. The van der Waals surface area contributed by atoms with Gasteiger partial charge in [0.05, 0.1) is 5.69 Å². The van der Waals surface area contributed by atoms with Crippen molar-refractivity contribution in [1.29, 1.82) is 0 Å². The van der Waals surface area contributed by atoms with Crippen LogP contribution in [0.2, 0.25) is 0 Å². The van der Waals surface area contributed by atoms with Crippen LogP contribution in [0.25, 0.3) is 0 Å². The van der Waals surface area contributed by atoms with Gasteiger partial charge in [0.15, 0.2) is 0 Å². The Morgan fingerprint density at radius 1 is 1.15 bits per heavy atom. The van der Waals surface area contributed by atoms with Gasteiger partial charge >= 0.3 is 0 Å². The van der Waals surface area contributed by atoms with E-state index in [-0.39, 0.29) is 5.91 Å². The number of carbonyl (C=O) groups excluding carboxylic acids is 1. The lowest BCUT2D eigenvalue weighted by Crippen LogP contribution is -2.16. The number of amides is 1. The first-order chi connectivity index (χ1) is 9.66. The highest BCUT2D eigenvalue weighted by molar-refractivity contribution is 5.89. The molecule has 1 aromatic carbocycles. The predicted molar refractivity (Wildman–Crippen MR) is 80.3 cm³/mol. The number of para-hydroxylation sites is 1. The quantitative estimate of drug-likeness (QED) is 0.877. The maximum Gasteiger partial charge on any atom is 0.221 e. The zero-order valence-corrected chi connectivity index (χ0v) is 11.8. The molecule has 20 heavy (non-hydrogen) atoms. The van der Waals surface area contributed by atoms with Crippen LogP contribution in [0.1, 0.15) is 23.7 Å². The maximum atomic E-state index is 11.2. The Bertz CT molecular complexity index is 596. The normalized spacial score (nSPS) is 10.3. The topological polar surface area (TPSA) is 54.0 Å². The molecule has 2 rings (SSSR count). The molecule has 2 aromatic rings. The van der Waals surface area contributed by atoms with E-state index in [0.29, 0.717) is 13.1 Å². The Kier molecular flexibility index (Phi) is 4.85. The van der Waals surface area contributed by atoms with E-state index >= 15 is 0 Å². The van der Waals surface area contributed by atoms with E-state index in [1.807, 2.05) is 30.3 Å². The first-order valence-corrected chi connectivity index (χ1v) is 6.63. The Balaban J connectivity index is 1.97. The second-order valence-corrected chi connectivity index (χ2v) is 4.71. The number of rotatable bonds is 5. The number of anilines is 1. The van der Waals surface area contributed by atoms with Crippen LogP contribution in [0.5, 0.6) is 0 Å². The van der Waals surface area contributed by atoms with Gasteiger partial charge in [-0.3, -0.25) is 9.78 Å². The largest absolute Gasteiger partial charge is 0.326 e. The third kappa shape index (κ3) is 3.90. The van der Waals surface area contributed by atoms with E-state index in [1.54, 1.807) is 6.20 Å². The molecule has 0 fully saturated rings. The number of benzene rings is 1. The number of aryl methyl sites for hydroxylation is 1. The number of pyridine rings is 1. The fraction of sp³-hybridized carbons (Fsp3) is 0.250. The van der Waals surface area contributed by atoms with Crippen molar-refractivity contribution in [3.05, 3.63) is 59.4 Å². The van der Waals surface area contributed by atoms with Gasteiger partial charge in [-0.2, -0.15) is 0 Å². The SMILES string of the molecule is CC(=O)Nc1ccccc1CNCc1ncccc1C. The molecule has 0 radical (unpaired) electrons. The van der Waals surface area contributed by atoms with Gasteiger partial charge in [-0.1, -0.05) is 24.3 Å². The van der Waals surface area contributed by atoms with Crippen LogP contribution in [-0.2, 0) is 17.9 Å². The summed E-state index contributed by atoms with van der Waals surface area (Å²) in [6.07, 6.45) is 1.80. The molecule has 0 aliphatic carbocycles. The third-order valence-corrected chi connectivity index (χ3v) is 3.05. The van der Waals surface area contributed by atoms with E-state index in [1.165, 1.54) is 12.5 Å². The molecule has 0 saturated heterocycles. The van der Waals surface area contributed by atoms with Crippen molar-refractivity contribution < 1.29 is 4.79 Å². The van der Waals surface area contributed by atoms with Gasteiger partial charge in [-0.15, -0.1) is 0 Å². The number of hydrogen-bond acceptors (Lipinski definition) is 3. The average Bonchev–Trinajstić information content (AvgIpc) is 2.42. The van der Waals surface area contributed by atoms with Gasteiger partial charge < -0.3 is 10.6 Å². The summed E-state index contributed by atoms with van der Waals surface area (Å²) in [5, 5.41) is 6.20. The molecule has 1 aromatic heterocycles. The second-order valence-electron chi connectivity index (χ2n) is 4.71. The standard InChI is InChI=1S/C16H19N3O/c1-12-6-5-9-18-16(12)11-17-10-14-7-3-4-8-15(14)19-13(2)20/h3-9,17H,10-11H2,1-2H3,(H,19,20). The highest BCUT2D eigenvalue weighted by Gasteiger charge is 2.04. The Morgan fingerprint density at radius 2 is 1.95 bits per heavy atom. The van der Waals surface area contributed by atoms with E-state index in [2.05, 4.69) is 28.6 Å². The van der Waals surface area contributed by atoms with Gasteiger partial charge in [0.2, 0.25) is 5.91 Å². The predicted octanol–water partition coefficient (Wildman–Crippen LogP) is 2.64. The van der Waals surface area contributed by atoms with Gasteiger partial charge in [-0.25, -0.2) is 0 Å². The van der Waals surface area contributed by atoms with Crippen molar-refractivity contribution in [2.75, 3.05) is 5.32 Å². The van der Waals surface area contributed by atoms with Crippen molar-refractivity contribution in [1.82, 2.24) is 10.3 Å². The summed E-state index contributed by atoms with van der Waals surface area (Å²) in [4.78, 5) is 15.5. The van der Waals surface area contributed by atoms with Crippen LogP contribution in [0.3, 0.4) is 0 Å². The van der Waals surface area contributed by atoms with E-state index in [0.717, 1.165) is 16.9 Å². The number of aromatic nitrogens is 1. The first-order valence-electron chi connectivity index (χ1n) is 6.63. The van der Waals surface area contributed by atoms with Crippen LogP contribution in [-0.4, -0.2) is 10.9 Å². The van der Waals surface area contributed by atoms with Crippen molar-refractivity contribution >= 4 is 11.6 Å². The van der Waals surface area contributed by atoms with Crippen LogP contribution in [0, 0.1) is 6.92 Å². The third-order valence-electron chi connectivity index (χ3n) is 3.05. The van der Waals surface area contributed by atoms with Crippen molar-refractivity contribution in [3.8, 4) is 0 Å². The van der Waals surface area contributed by atoms with Crippen LogP contribution in [0.15, 0.2) is 42.6 Å². The number of hydrogen-bond donors (Lipinski definition) is 2. The molecule has 0 unspecified atom stereocenters. The molecule has 2 N–H and O–H groups in total. The molecule has 0 saturated carbocycles. The molecule has 0 atom stereocenters. The summed E-state index contributed by atoms with van der Waals surface area (Å²) >= 11 is 0. The van der Waals surface area contributed by atoms with Gasteiger partial charge in [0, 0.05) is 31.9 Å². The van der Waals surface area contributed by atoms with Crippen molar-refractivity contribution in [2.45, 2.75) is 26.9 Å². The molecule has 1 amide bonds. The van der Waals surface area contributed by atoms with Crippen LogP contribution in [0.4, 0.5) is 5.69 Å². The Morgan fingerprint density at radius 3 is 2.70 bits per heavy atom. The number of nitrogens with zero attached hydrogens (tertiary/aromatic N) is 1. The Hall–Kier alpha value is -2.20. The first kappa shape index (κ1) is 14.2. The Labute approximate surface area is 119 Å². The minimum atomic E-state index is -0.0574. The molecule has 0 bridgehead atoms. The summed E-state index contributed by atoms with van der Waals surface area (Å²) in [5.41, 5.74) is 4.14. The lowest BCUT2D eigenvalue weighted by atomic mass is 10.1. The monoisotopic (exact) mass is 269 g/mol. The number of nitrogens with one attached hydrogen (secondary N) is 2. The molecular weight excluding hydrogens is 250 g/mol. The molecule has 4 heteroatoms. The van der Waals surface area contributed by atoms with Crippen molar-refractivity contribution in [3.63, 3.8) is 0 Å². The fourth-order valence-corrected chi connectivity index (χ4v) is 2.01. The van der Waals surface area contributed by atoms with Gasteiger partial charge in [-0.05, 0) is 30.2 Å². The zero-order valence-electron chi connectivity index (χ0n) is 11.8. The average molecular weight is 269 g/mol. The van der Waals surface area contributed by atoms with Crippen molar-refractivity contribution in [2.24, 2.45) is 0 Å². The molecule has 0 spiro atoms. The highest BCUT2D eigenvalue weighted by atomic mass is 16.1. The zero-order chi connectivity index (χ0) is 14.4. The summed E-state index contributed by atoms with van der Waals surface area (Å²) in [6, 6.07) is 11.8. The summed E-state index contributed by atoms with van der Waals surface area (Å²) in [5.74, 6) is -0.0574. The second kappa shape index (κ2) is 6.82. The summed E-state index contributed by atoms with van der Waals surface area (Å²) in [7, 11) is 0. The number of carbonyl (C=O) groups is 1. The lowest BCUT2D eigenvalue weighted by molar-refractivity contribution is -0.114. The van der Waals surface area contributed by atoms with E-state index in [9.17, 15) is 4.79 Å². The molecular formula is C16H19N3O. The summed E-state index contributed by atoms with van der Waals surface area (Å²) in [6.45, 7) is 4.96. The molecule has 0 aliphatic rings. The minimum Gasteiger partial charge on any atom is -0.326 e. The smallest absolute Gasteiger partial charge is 0.221 e. The van der Waals surface area contributed by atoms with E-state index in [4.69, 9.17) is 0 Å². The lowest BCUT2D eigenvalue weighted by Gasteiger charge is -2.11. The maximum absolute atomic E-state index is 11.2. The highest BCUT2D eigenvalue weighted by Crippen LogP contribution is 2.15. The molecule has 0 aliphatic heterocycles. The molecule has 1 heterocycles. The molecule has 104 valence electrons. The van der Waals surface area contributed by atoms with Crippen LogP contribution < -0.4 is 10.6 Å². The summed E-state index contributed by atoms with van der Waals surface area (Å²) < 4.78 is 0.